The molecule has 1 aromatic heterocycles. The quantitative estimate of drug-likeness (QED) is 0.589. The van der Waals surface area contributed by atoms with Crippen molar-refractivity contribution < 1.29 is 18.4 Å². The van der Waals surface area contributed by atoms with Gasteiger partial charge in [0.05, 0.1) is 5.92 Å². The van der Waals surface area contributed by atoms with Crippen molar-refractivity contribution >= 4 is 17.6 Å². The molecule has 0 bridgehead atoms. The summed E-state index contributed by atoms with van der Waals surface area (Å²) in [5, 5.41) is 2.83. The molecule has 0 aliphatic carbocycles. The summed E-state index contributed by atoms with van der Waals surface area (Å²) in [6, 6.07) is 6.83. The van der Waals surface area contributed by atoms with Crippen molar-refractivity contribution in [1.82, 2.24) is 15.2 Å². The summed E-state index contributed by atoms with van der Waals surface area (Å²) in [6.07, 6.45) is 3.35. The highest BCUT2D eigenvalue weighted by Gasteiger charge is 2.49. The molecule has 0 spiro atoms. The van der Waals surface area contributed by atoms with Crippen LogP contribution in [0.2, 0.25) is 0 Å². The standard InChI is InChI=1S/C22H27F2N5O2/c1-22(21(26)31,29-8-2-3-9-29)16(10-14-4-6-17(23)18(24)11-14)20(30)28-13-15-5-7-19(25)27-12-15/h4-7,11-12,16H,2-3,8-10,13H2,1H3,(H2,25,27)(H2,26,31)(H,28,30)/t16-,22?/m1/s1. The van der Waals surface area contributed by atoms with Gasteiger partial charge in [0.15, 0.2) is 11.6 Å². The number of nitrogens with two attached hydrogens (primary N) is 2. The zero-order chi connectivity index (χ0) is 22.6. The van der Waals surface area contributed by atoms with E-state index in [1.54, 1.807) is 25.3 Å². The van der Waals surface area contributed by atoms with E-state index >= 15 is 0 Å². The second-order valence-corrected chi connectivity index (χ2v) is 8.02. The van der Waals surface area contributed by atoms with Gasteiger partial charge in [-0.25, -0.2) is 13.8 Å². The van der Waals surface area contributed by atoms with Crippen LogP contribution in [0.15, 0.2) is 36.5 Å². The third-order valence-electron chi connectivity index (χ3n) is 6.00. The monoisotopic (exact) mass is 431 g/mol. The second kappa shape index (κ2) is 9.38. The van der Waals surface area contributed by atoms with Crippen LogP contribution in [0, 0.1) is 17.6 Å². The molecule has 31 heavy (non-hydrogen) atoms. The maximum atomic E-state index is 13.8. The Bertz CT molecular complexity index is 947. The molecule has 2 aromatic rings. The molecule has 1 unspecified atom stereocenters. The molecule has 2 atom stereocenters. The van der Waals surface area contributed by atoms with Gasteiger partial charge in [0.1, 0.15) is 11.4 Å². The number of pyridine rings is 1. The number of amides is 2. The molecule has 2 heterocycles. The summed E-state index contributed by atoms with van der Waals surface area (Å²) in [6.45, 7) is 3.08. The molecule has 1 aromatic carbocycles. The van der Waals surface area contributed by atoms with E-state index in [1.165, 1.54) is 6.07 Å². The fourth-order valence-corrected chi connectivity index (χ4v) is 4.03. The first-order valence-corrected chi connectivity index (χ1v) is 10.2. The van der Waals surface area contributed by atoms with E-state index in [-0.39, 0.29) is 13.0 Å². The van der Waals surface area contributed by atoms with Crippen molar-refractivity contribution in [2.45, 2.75) is 38.3 Å². The van der Waals surface area contributed by atoms with Crippen LogP contribution < -0.4 is 16.8 Å². The van der Waals surface area contributed by atoms with Crippen molar-refractivity contribution in [3.05, 3.63) is 59.3 Å². The third-order valence-corrected chi connectivity index (χ3v) is 6.00. The number of hydrogen-bond donors (Lipinski definition) is 3. The Morgan fingerprint density at radius 1 is 1.16 bits per heavy atom. The molecular formula is C22H27F2N5O2. The number of carbonyl (C=O) groups excluding carboxylic acids is 2. The zero-order valence-electron chi connectivity index (χ0n) is 17.4. The largest absolute Gasteiger partial charge is 0.384 e. The minimum atomic E-state index is -1.29. The molecule has 3 rings (SSSR count). The first kappa shape index (κ1) is 22.6. The number of likely N-dealkylation sites (tertiary alicyclic amines) is 1. The lowest BCUT2D eigenvalue weighted by molar-refractivity contribution is -0.141. The molecule has 1 saturated heterocycles. The molecular weight excluding hydrogens is 404 g/mol. The highest BCUT2D eigenvalue weighted by Crippen LogP contribution is 2.32. The van der Waals surface area contributed by atoms with E-state index in [0.717, 1.165) is 30.5 Å². The molecule has 0 saturated carbocycles. The highest BCUT2D eigenvalue weighted by atomic mass is 19.2. The van der Waals surface area contributed by atoms with Crippen molar-refractivity contribution in [2.24, 2.45) is 11.7 Å². The molecule has 166 valence electrons. The predicted octanol–water partition coefficient (Wildman–Crippen LogP) is 1.76. The van der Waals surface area contributed by atoms with Gasteiger partial charge in [-0.05, 0) is 68.6 Å². The van der Waals surface area contributed by atoms with Crippen LogP contribution in [0.3, 0.4) is 0 Å². The first-order valence-electron chi connectivity index (χ1n) is 10.2. The van der Waals surface area contributed by atoms with Gasteiger partial charge in [-0.3, -0.25) is 14.5 Å². The number of nitrogens with zero attached hydrogens (tertiary/aromatic N) is 2. The summed E-state index contributed by atoms with van der Waals surface area (Å²) < 4.78 is 27.2. The Kier molecular flexibility index (Phi) is 6.84. The summed E-state index contributed by atoms with van der Waals surface area (Å²) >= 11 is 0. The minimum Gasteiger partial charge on any atom is -0.384 e. The smallest absolute Gasteiger partial charge is 0.238 e. The average Bonchev–Trinajstić information content (AvgIpc) is 3.28. The predicted molar refractivity (Wildman–Crippen MR) is 112 cm³/mol. The number of benzene rings is 1. The topological polar surface area (TPSA) is 114 Å². The lowest BCUT2D eigenvalue weighted by Gasteiger charge is -2.41. The van der Waals surface area contributed by atoms with Crippen LogP contribution in [0.25, 0.3) is 0 Å². The Morgan fingerprint density at radius 2 is 1.84 bits per heavy atom. The van der Waals surface area contributed by atoms with E-state index in [2.05, 4.69) is 10.3 Å². The van der Waals surface area contributed by atoms with E-state index in [1.807, 2.05) is 4.90 Å². The third kappa shape index (κ3) is 4.99. The molecule has 0 radical (unpaired) electrons. The molecule has 1 aliphatic heterocycles. The molecule has 9 heteroatoms. The molecule has 1 fully saturated rings. The van der Waals surface area contributed by atoms with Crippen LogP contribution in [-0.2, 0) is 22.6 Å². The number of nitrogen functional groups attached to an aromatic ring is 1. The fraction of sp³-hybridized carbons (Fsp3) is 0.409. The lowest BCUT2D eigenvalue weighted by Crippen LogP contribution is -2.63. The van der Waals surface area contributed by atoms with Gasteiger partial charge in [0.25, 0.3) is 0 Å². The number of hydrogen-bond acceptors (Lipinski definition) is 5. The van der Waals surface area contributed by atoms with Gasteiger partial charge in [-0.2, -0.15) is 0 Å². The molecule has 7 nitrogen and oxygen atoms in total. The van der Waals surface area contributed by atoms with Gasteiger partial charge in [0, 0.05) is 12.7 Å². The van der Waals surface area contributed by atoms with Gasteiger partial charge in [-0.1, -0.05) is 12.1 Å². The van der Waals surface area contributed by atoms with Crippen LogP contribution in [0.1, 0.15) is 30.9 Å². The van der Waals surface area contributed by atoms with Gasteiger partial charge in [-0.15, -0.1) is 0 Å². The number of rotatable bonds is 8. The average molecular weight is 431 g/mol. The Labute approximate surface area is 179 Å². The normalized spacial score (nSPS) is 17.1. The van der Waals surface area contributed by atoms with Crippen LogP contribution >= 0.6 is 0 Å². The van der Waals surface area contributed by atoms with Gasteiger partial charge in [0.2, 0.25) is 11.8 Å². The maximum absolute atomic E-state index is 13.8. The maximum Gasteiger partial charge on any atom is 0.238 e. The number of anilines is 1. The minimum absolute atomic E-state index is 0.0267. The molecule has 1 aliphatic rings. The Hall–Kier alpha value is -3.07. The Morgan fingerprint density at radius 3 is 2.42 bits per heavy atom. The van der Waals surface area contributed by atoms with Crippen molar-refractivity contribution in [2.75, 3.05) is 18.8 Å². The van der Waals surface area contributed by atoms with Crippen molar-refractivity contribution in [3.63, 3.8) is 0 Å². The van der Waals surface area contributed by atoms with E-state index in [0.29, 0.717) is 24.5 Å². The van der Waals surface area contributed by atoms with Crippen molar-refractivity contribution in [3.8, 4) is 0 Å². The SMILES string of the molecule is CC(C(N)=O)([C@H](Cc1ccc(F)c(F)c1)C(=O)NCc1ccc(N)nc1)N1CCCC1. The van der Waals surface area contributed by atoms with Crippen LogP contribution in [0.4, 0.5) is 14.6 Å². The van der Waals surface area contributed by atoms with Crippen LogP contribution in [-0.4, -0.2) is 40.3 Å². The van der Waals surface area contributed by atoms with Crippen LogP contribution in [0.5, 0.6) is 0 Å². The van der Waals surface area contributed by atoms with Gasteiger partial charge >= 0.3 is 0 Å². The highest BCUT2D eigenvalue weighted by molar-refractivity contribution is 5.92. The lowest BCUT2D eigenvalue weighted by atomic mass is 9.78. The number of primary amides is 1. The Balaban J connectivity index is 1.89. The summed E-state index contributed by atoms with van der Waals surface area (Å²) in [4.78, 5) is 31.8. The zero-order valence-corrected chi connectivity index (χ0v) is 17.4. The summed E-state index contributed by atoms with van der Waals surface area (Å²) in [7, 11) is 0. The van der Waals surface area contributed by atoms with Crippen molar-refractivity contribution in [1.29, 1.82) is 0 Å². The number of nitrogens with one attached hydrogen (secondary N) is 1. The number of carbonyl (C=O) groups is 2. The number of aromatic nitrogens is 1. The fourth-order valence-electron chi connectivity index (χ4n) is 4.03. The van der Waals surface area contributed by atoms with E-state index in [4.69, 9.17) is 11.5 Å². The second-order valence-electron chi connectivity index (χ2n) is 8.02. The molecule has 5 N–H and O–H groups in total. The summed E-state index contributed by atoms with van der Waals surface area (Å²) in [5.74, 6) is -3.57. The molecule has 2 amide bonds. The number of halogens is 2. The van der Waals surface area contributed by atoms with E-state index in [9.17, 15) is 18.4 Å². The summed E-state index contributed by atoms with van der Waals surface area (Å²) in [5.41, 5.74) is 11.2. The first-order chi connectivity index (χ1) is 14.7. The van der Waals surface area contributed by atoms with E-state index < -0.39 is 34.9 Å². The van der Waals surface area contributed by atoms with Gasteiger partial charge < -0.3 is 16.8 Å².